The number of rotatable bonds is 4. The maximum absolute atomic E-state index is 13.6. The predicted molar refractivity (Wildman–Crippen MR) is 85.2 cm³/mol. The highest BCUT2D eigenvalue weighted by molar-refractivity contribution is 5.81. The van der Waals surface area contributed by atoms with Crippen LogP contribution in [0, 0.1) is 17.6 Å². The monoisotopic (exact) mass is 336 g/mol. The van der Waals surface area contributed by atoms with Crippen molar-refractivity contribution in [1.29, 1.82) is 0 Å². The van der Waals surface area contributed by atoms with Crippen molar-refractivity contribution >= 4 is 11.8 Å². The largest absolute Gasteiger partial charge is 0.341 e. The van der Waals surface area contributed by atoms with Crippen molar-refractivity contribution in [2.45, 2.75) is 32.1 Å². The van der Waals surface area contributed by atoms with Crippen LogP contribution in [0.5, 0.6) is 0 Å². The van der Waals surface area contributed by atoms with E-state index >= 15 is 0 Å². The third-order valence-corrected chi connectivity index (χ3v) is 4.73. The number of nitrogens with zero attached hydrogens (tertiary/aromatic N) is 2. The summed E-state index contributed by atoms with van der Waals surface area (Å²) in [7, 11) is 0. The van der Waals surface area contributed by atoms with Gasteiger partial charge in [-0.2, -0.15) is 0 Å². The van der Waals surface area contributed by atoms with Gasteiger partial charge in [0.25, 0.3) is 0 Å². The van der Waals surface area contributed by atoms with Crippen molar-refractivity contribution in [2.75, 3.05) is 26.2 Å². The molecule has 2 amide bonds. The number of hydrogen-bond donors (Lipinski definition) is 0. The normalized spacial score (nSPS) is 18.4. The van der Waals surface area contributed by atoms with Crippen molar-refractivity contribution < 1.29 is 18.4 Å². The van der Waals surface area contributed by atoms with Crippen LogP contribution in [-0.2, 0) is 16.0 Å². The molecule has 2 fully saturated rings. The lowest BCUT2D eigenvalue weighted by molar-refractivity contribution is -0.134. The topological polar surface area (TPSA) is 40.6 Å². The molecular weight excluding hydrogens is 314 g/mol. The Kier molecular flexibility index (Phi) is 5.11. The maximum Gasteiger partial charge on any atom is 0.225 e. The molecule has 24 heavy (non-hydrogen) atoms. The molecule has 2 aliphatic rings. The van der Waals surface area contributed by atoms with Gasteiger partial charge in [-0.15, -0.1) is 0 Å². The lowest BCUT2D eigenvalue weighted by Gasteiger charge is -2.22. The summed E-state index contributed by atoms with van der Waals surface area (Å²) in [5.74, 6) is -1.42. The highest BCUT2D eigenvalue weighted by Gasteiger charge is 2.34. The Bertz CT molecular complexity index is 631. The zero-order valence-electron chi connectivity index (χ0n) is 13.6. The fourth-order valence-corrected chi connectivity index (χ4v) is 3.12. The SMILES string of the molecule is O=C(CCc1cccc(F)c1F)N1CCCN(C(=O)C2CC2)CC1. The number of amides is 2. The summed E-state index contributed by atoms with van der Waals surface area (Å²) in [5, 5.41) is 0. The van der Waals surface area contributed by atoms with Crippen LogP contribution in [0.15, 0.2) is 18.2 Å². The van der Waals surface area contributed by atoms with Crippen LogP contribution in [0.4, 0.5) is 8.78 Å². The number of carbonyl (C=O) groups excluding carboxylic acids is 2. The maximum atomic E-state index is 13.6. The van der Waals surface area contributed by atoms with Crippen molar-refractivity contribution in [2.24, 2.45) is 5.92 Å². The molecule has 0 radical (unpaired) electrons. The molecule has 1 aliphatic heterocycles. The summed E-state index contributed by atoms with van der Waals surface area (Å²) < 4.78 is 26.8. The van der Waals surface area contributed by atoms with Crippen molar-refractivity contribution in [3.8, 4) is 0 Å². The van der Waals surface area contributed by atoms with E-state index in [-0.39, 0.29) is 36.1 Å². The van der Waals surface area contributed by atoms with Gasteiger partial charge in [0.1, 0.15) is 0 Å². The average molecular weight is 336 g/mol. The fraction of sp³-hybridized carbons (Fsp3) is 0.556. The van der Waals surface area contributed by atoms with Gasteiger partial charge >= 0.3 is 0 Å². The van der Waals surface area contributed by atoms with Crippen LogP contribution in [0.3, 0.4) is 0 Å². The summed E-state index contributed by atoms with van der Waals surface area (Å²) in [4.78, 5) is 28.1. The Balaban J connectivity index is 1.51. The molecule has 0 unspecified atom stereocenters. The number of carbonyl (C=O) groups is 2. The molecule has 1 aromatic rings. The predicted octanol–water partition coefficient (Wildman–Crippen LogP) is 2.37. The van der Waals surface area contributed by atoms with Gasteiger partial charge in [0.05, 0.1) is 0 Å². The standard InChI is InChI=1S/C18H22F2N2O2/c19-15-4-1-3-13(17(15)20)7-8-16(23)21-9-2-10-22(12-11-21)18(24)14-5-6-14/h1,3-4,14H,2,5-12H2. The summed E-state index contributed by atoms with van der Waals surface area (Å²) in [5.41, 5.74) is 0.226. The summed E-state index contributed by atoms with van der Waals surface area (Å²) in [6.07, 6.45) is 3.06. The second-order valence-electron chi connectivity index (χ2n) is 6.55. The van der Waals surface area contributed by atoms with Crippen LogP contribution in [0.25, 0.3) is 0 Å². The van der Waals surface area contributed by atoms with E-state index in [1.54, 1.807) is 4.90 Å². The minimum atomic E-state index is -0.885. The summed E-state index contributed by atoms with van der Waals surface area (Å²) in [6.45, 7) is 2.38. The molecule has 6 heteroatoms. The number of benzene rings is 1. The first-order valence-electron chi connectivity index (χ1n) is 8.55. The number of aryl methyl sites for hydroxylation is 1. The molecule has 1 heterocycles. The highest BCUT2D eigenvalue weighted by atomic mass is 19.2. The first kappa shape index (κ1) is 16.9. The van der Waals surface area contributed by atoms with Gasteiger partial charge in [-0.05, 0) is 37.3 Å². The molecule has 130 valence electrons. The molecule has 1 saturated carbocycles. The molecule has 0 bridgehead atoms. The van der Waals surface area contributed by atoms with E-state index in [1.807, 2.05) is 4.90 Å². The molecule has 0 aromatic heterocycles. The molecule has 0 spiro atoms. The van der Waals surface area contributed by atoms with Gasteiger partial charge in [0.15, 0.2) is 11.6 Å². The van der Waals surface area contributed by atoms with E-state index in [1.165, 1.54) is 12.1 Å². The molecule has 3 rings (SSSR count). The van der Waals surface area contributed by atoms with Gasteiger partial charge in [-0.25, -0.2) is 8.78 Å². The lowest BCUT2D eigenvalue weighted by atomic mass is 10.1. The van der Waals surface area contributed by atoms with E-state index in [0.29, 0.717) is 26.2 Å². The third kappa shape index (κ3) is 3.91. The molecular formula is C18H22F2N2O2. The molecule has 4 nitrogen and oxygen atoms in total. The number of halogens is 2. The van der Waals surface area contributed by atoms with Crippen LogP contribution >= 0.6 is 0 Å². The van der Waals surface area contributed by atoms with E-state index in [0.717, 1.165) is 25.3 Å². The Labute approximate surface area is 140 Å². The van der Waals surface area contributed by atoms with Gasteiger partial charge in [0.2, 0.25) is 11.8 Å². The quantitative estimate of drug-likeness (QED) is 0.847. The second-order valence-corrected chi connectivity index (χ2v) is 6.55. The smallest absolute Gasteiger partial charge is 0.225 e. The minimum Gasteiger partial charge on any atom is -0.341 e. The molecule has 1 saturated heterocycles. The lowest BCUT2D eigenvalue weighted by Crippen LogP contribution is -2.38. The van der Waals surface area contributed by atoms with E-state index in [2.05, 4.69) is 0 Å². The average Bonchev–Trinajstić information content (AvgIpc) is 3.41. The number of hydrogen-bond acceptors (Lipinski definition) is 2. The Hall–Kier alpha value is -1.98. The molecule has 1 aromatic carbocycles. The second kappa shape index (κ2) is 7.28. The van der Waals surface area contributed by atoms with Crippen LogP contribution in [0.1, 0.15) is 31.2 Å². The molecule has 0 atom stereocenters. The Morgan fingerprint density at radius 1 is 1.04 bits per heavy atom. The third-order valence-electron chi connectivity index (χ3n) is 4.73. The zero-order chi connectivity index (χ0) is 17.1. The highest BCUT2D eigenvalue weighted by Crippen LogP contribution is 2.31. The zero-order valence-corrected chi connectivity index (χ0v) is 13.6. The Morgan fingerprint density at radius 2 is 1.75 bits per heavy atom. The van der Waals surface area contributed by atoms with Crippen molar-refractivity contribution in [3.05, 3.63) is 35.4 Å². The summed E-state index contributed by atoms with van der Waals surface area (Å²) in [6, 6.07) is 4.02. The van der Waals surface area contributed by atoms with Gasteiger partial charge in [0, 0.05) is 38.5 Å². The van der Waals surface area contributed by atoms with E-state index in [4.69, 9.17) is 0 Å². The van der Waals surface area contributed by atoms with Gasteiger partial charge < -0.3 is 9.80 Å². The van der Waals surface area contributed by atoms with Crippen LogP contribution in [-0.4, -0.2) is 47.8 Å². The van der Waals surface area contributed by atoms with Crippen molar-refractivity contribution in [1.82, 2.24) is 9.80 Å². The van der Waals surface area contributed by atoms with E-state index in [9.17, 15) is 18.4 Å². The first-order chi connectivity index (χ1) is 11.6. The van der Waals surface area contributed by atoms with Crippen LogP contribution in [0.2, 0.25) is 0 Å². The summed E-state index contributed by atoms with van der Waals surface area (Å²) >= 11 is 0. The first-order valence-corrected chi connectivity index (χ1v) is 8.55. The minimum absolute atomic E-state index is 0.0700. The fourth-order valence-electron chi connectivity index (χ4n) is 3.12. The van der Waals surface area contributed by atoms with E-state index < -0.39 is 11.6 Å². The molecule has 1 aliphatic carbocycles. The Morgan fingerprint density at radius 3 is 2.50 bits per heavy atom. The van der Waals surface area contributed by atoms with Crippen LogP contribution < -0.4 is 0 Å². The van der Waals surface area contributed by atoms with Crippen molar-refractivity contribution in [3.63, 3.8) is 0 Å². The molecule has 0 N–H and O–H groups in total. The van der Waals surface area contributed by atoms with Gasteiger partial charge in [-0.3, -0.25) is 9.59 Å². The van der Waals surface area contributed by atoms with Gasteiger partial charge in [-0.1, -0.05) is 12.1 Å².